The summed E-state index contributed by atoms with van der Waals surface area (Å²) in [6.07, 6.45) is 6.52. The summed E-state index contributed by atoms with van der Waals surface area (Å²) in [5, 5.41) is 0. The number of aromatic nitrogens is 2. The number of carbonyl (C=O) groups is 2. The molecule has 0 fully saturated rings. The van der Waals surface area contributed by atoms with Crippen LogP contribution in [0.15, 0.2) is 64.7 Å². The predicted molar refractivity (Wildman–Crippen MR) is 111 cm³/mol. The Morgan fingerprint density at radius 1 is 1.27 bits per heavy atom. The molecule has 2 aromatic heterocycles. The summed E-state index contributed by atoms with van der Waals surface area (Å²) in [5.74, 6) is -0.0614. The van der Waals surface area contributed by atoms with Crippen molar-refractivity contribution in [2.24, 2.45) is 10.7 Å². The molecule has 0 spiro atoms. The minimum absolute atomic E-state index is 0.0977. The van der Waals surface area contributed by atoms with Gasteiger partial charge in [0.15, 0.2) is 11.7 Å². The van der Waals surface area contributed by atoms with E-state index in [1.807, 2.05) is 31.2 Å². The van der Waals surface area contributed by atoms with Crippen LogP contribution in [0.1, 0.15) is 35.0 Å². The number of benzene rings is 1. The minimum atomic E-state index is -0.765. The number of nitrogens with zero attached hydrogens (tertiary/aromatic N) is 4. The third-order valence-corrected chi connectivity index (χ3v) is 5.24. The van der Waals surface area contributed by atoms with Crippen molar-refractivity contribution in [2.45, 2.75) is 25.3 Å². The maximum atomic E-state index is 12.7. The van der Waals surface area contributed by atoms with Crippen molar-refractivity contribution in [1.29, 1.82) is 0 Å². The Kier molecular flexibility index (Phi) is 4.91. The quantitative estimate of drug-likeness (QED) is 0.655. The van der Waals surface area contributed by atoms with Gasteiger partial charge < -0.3 is 10.2 Å². The fourth-order valence-corrected chi connectivity index (χ4v) is 3.40. The number of guanidine groups is 1. The second-order valence-corrected chi connectivity index (χ2v) is 7.47. The fourth-order valence-electron chi connectivity index (χ4n) is 3.40. The highest BCUT2D eigenvalue weighted by molar-refractivity contribution is 5.99. The van der Waals surface area contributed by atoms with Crippen molar-refractivity contribution in [3.63, 3.8) is 0 Å². The van der Waals surface area contributed by atoms with Crippen LogP contribution in [0.5, 0.6) is 0 Å². The molecule has 0 radical (unpaired) electrons. The highest BCUT2D eigenvalue weighted by Gasteiger charge is 2.36. The molecule has 1 aliphatic rings. The van der Waals surface area contributed by atoms with Gasteiger partial charge in [-0.15, -0.1) is 0 Å². The average Bonchev–Trinajstić information content (AvgIpc) is 3.27. The third-order valence-electron chi connectivity index (χ3n) is 5.24. The van der Waals surface area contributed by atoms with Crippen LogP contribution in [-0.4, -0.2) is 39.6 Å². The molecule has 1 aliphatic heterocycles. The molecule has 8 heteroatoms. The molecule has 1 amide bonds. The Morgan fingerprint density at radius 2 is 2.10 bits per heavy atom. The molecule has 0 saturated heterocycles. The van der Waals surface area contributed by atoms with E-state index in [-0.39, 0.29) is 36.2 Å². The molecule has 2 N–H and O–H groups in total. The largest absolute Gasteiger partial charge is 0.472 e. The van der Waals surface area contributed by atoms with Crippen molar-refractivity contribution < 1.29 is 14.0 Å². The topological polar surface area (TPSA) is 115 Å². The third kappa shape index (κ3) is 3.71. The molecule has 0 bridgehead atoms. The molecule has 8 nitrogen and oxygen atoms in total. The molecule has 3 heterocycles. The highest BCUT2D eigenvalue weighted by Crippen LogP contribution is 2.33. The van der Waals surface area contributed by atoms with Crippen LogP contribution in [-0.2, 0) is 16.8 Å². The Balaban J connectivity index is 1.53. The first kappa shape index (κ1) is 19.5. The number of hydrogen-bond acceptors (Lipinski definition) is 7. The second-order valence-electron chi connectivity index (χ2n) is 7.47. The molecule has 1 aromatic carbocycles. The second kappa shape index (κ2) is 7.55. The summed E-state index contributed by atoms with van der Waals surface area (Å²) in [6.45, 7) is 1.87. The SMILES string of the molecule is CN1C(=O)CC(C)(c2cccc(CC(=O)c3cnc(-c4ccoc4)cn3)c2)N=C1N. The highest BCUT2D eigenvalue weighted by atomic mass is 16.3. The van der Waals surface area contributed by atoms with E-state index in [1.165, 1.54) is 11.1 Å². The number of carbonyl (C=O) groups excluding carboxylic acids is 2. The van der Waals surface area contributed by atoms with E-state index < -0.39 is 5.54 Å². The van der Waals surface area contributed by atoms with Crippen LogP contribution in [0, 0.1) is 0 Å². The van der Waals surface area contributed by atoms with Crippen LogP contribution in [0.2, 0.25) is 0 Å². The molecule has 152 valence electrons. The van der Waals surface area contributed by atoms with Crippen molar-refractivity contribution >= 4 is 17.6 Å². The minimum Gasteiger partial charge on any atom is -0.472 e. The summed E-state index contributed by atoms with van der Waals surface area (Å²) < 4.78 is 5.04. The summed E-state index contributed by atoms with van der Waals surface area (Å²) in [4.78, 5) is 39.3. The molecular formula is C22H21N5O3. The van der Waals surface area contributed by atoms with Gasteiger partial charge in [-0.3, -0.25) is 19.5 Å². The van der Waals surface area contributed by atoms with Crippen molar-refractivity contribution in [2.75, 3.05) is 7.05 Å². The van der Waals surface area contributed by atoms with E-state index in [2.05, 4.69) is 15.0 Å². The van der Waals surface area contributed by atoms with Gasteiger partial charge in [-0.05, 0) is 24.1 Å². The Labute approximate surface area is 173 Å². The monoisotopic (exact) mass is 403 g/mol. The molecule has 4 rings (SSSR count). The maximum absolute atomic E-state index is 12.7. The van der Waals surface area contributed by atoms with Gasteiger partial charge in [0.05, 0.1) is 42.6 Å². The maximum Gasteiger partial charge on any atom is 0.231 e. The number of Topliss-reactive ketones (excluding diaryl/α,β-unsaturated/α-hetero) is 1. The molecule has 1 atom stereocenters. The van der Waals surface area contributed by atoms with E-state index in [0.717, 1.165) is 16.7 Å². The van der Waals surface area contributed by atoms with Gasteiger partial charge in [-0.25, -0.2) is 9.98 Å². The zero-order valence-corrected chi connectivity index (χ0v) is 16.7. The molecule has 3 aromatic rings. The lowest BCUT2D eigenvalue weighted by Gasteiger charge is -2.33. The Bertz CT molecular complexity index is 1120. The van der Waals surface area contributed by atoms with E-state index in [1.54, 1.807) is 31.8 Å². The standard InChI is InChI=1S/C22H21N5O3/c1-22(10-20(29)27(2)21(23)26-22)16-5-3-4-14(8-16)9-19(28)18-12-24-17(11-25-18)15-6-7-30-13-15/h3-8,11-13H,9-10H2,1-2H3,(H2,23,26). The first-order valence-corrected chi connectivity index (χ1v) is 9.45. The van der Waals surface area contributed by atoms with Crippen LogP contribution < -0.4 is 5.73 Å². The van der Waals surface area contributed by atoms with Crippen LogP contribution in [0.3, 0.4) is 0 Å². The summed E-state index contributed by atoms with van der Waals surface area (Å²) in [7, 11) is 1.61. The zero-order valence-electron chi connectivity index (χ0n) is 16.7. The molecule has 1 unspecified atom stereocenters. The number of nitrogens with two attached hydrogens (primary N) is 1. The lowest BCUT2D eigenvalue weighted by molar-refractivity contribution is -0.128. The van der Waals surface area contributed by atoms with E-state index in [0.29, 0.717) is 5.69 Å². The van der Waals surface area contributed by atoms with E-state index >= 15 is 0 Å². The van der Waals surface area contributed by atoms with Crippen LogP contribution in [0.25, 0.3) is 11.3 Å². The Morgan fingerprint density at radius 3 is 2.77 bits per heavy atom. The lowest BCUT2D eigenvalue weighted by Crippen LogP contribution is -2.47. The first-order chi connectivity index (χ1) is 14.4. The van der Waals surface area contributed by atoms with Crippen molar-refractivity contribution in [3.8, 4) is 11.3 Å². The van der Waals surface area contributed by atoms with Crippen molar-refractivity contribution in [1.82, 2.24) is 14.9 Å². The number of rotatable bonds is 5. The van der Waals surface area contributed by atoms with Gasteiger partial charge >= 0.3 is 0 Å². The van der Waals surface area contributed by atoms with Crippen LogP contribution in [0.4, 0.5) is 0 Å². The normalized spacial score (nSPS) is 18.9. The van der Waals surface area contributed by atoms with Gasteiger partial charge in [0, 0.05) is 19.0 Å². The fraction of sp³-hybridized carbons (Fsp3) is 0.227. The lowest BCUT2D eigenvalue weighted by atomic mass is 9.86. The first-order valence-electron chi connectivity index (χ1n) is 9.45. The van der Waals surface area contributed by atoms with Gasteiger partial charge in [0.25, 0.3) is 0 Å². The molecule has 30 heavy (non-hydrogen) atoms. The number of aliphatic imine (C=N–C) groups is 1. The van der Waals surface area contributed by atoms with Crippen molar-refractivity contribution in [3.05, 3.63) is 72.1 Å². The van der Waals surface area contributed by atoms with E-state index in [4.69, 9.17) is 10.2 Å². The average molecular weight is 403 g/mol. The molecular weight excluding hydrogens is 382 g/mol. The summed E-state index contributed by atoms with van der Waals surface area (Å²) in [6, 6.07) is 9.28. The summed E-state index contributed by atoms with van der Waals surface area (Å²) >= 11 is 0. The van der Waals surface area contributed by atoms with Gasteiger partial charge in [-0.2, -0.15) is 0 Å². The van der Waals surface area contributed by atoms with Gasteiger partial charge in [0.1, 0.15) is 5.69 Å². The van der Waals surface area contributed by atoms with Gasteiger partial charge in [0.2, 0.25) is 5.91 Å². The molecule has 0 saturated carbocycles. The van der Waals surface area contributed by atoms with E-state index in [9.17, 15) is 9.59 Å². The smallest absolute Gasteiger partial charge is 0.231 e. The number of amides is 1. The number of hydrogen-bond donors (Lipinski definition) is 1. The number of ketones is 1. The predicted octanol–water partition coefficient (Wildman–Crippen LogP) is 2.55. The van der Waals surface area contributed by atoms with Crippen LogP contribution >= 0.6 is 0 Å². The zero-order chi connectivity index (χ0) is 21.3. The molecule has 0 aliphatic carbocycles. The number of furan rings is 1. The van der Waals surface area contributed by atoms with Gasteiger partial charge in [-0.1, -0.05) is 24.3 Å². The summed E-state index contributed by atoms with van der Waals surface area (Å²) in [5.41, 5.74) is 8.50. The Hall–Kier alpha value is -3.81.